The van der Waals surface area contributed by atoms with Crippen LogP contribution in [0.3, 0.4) is 0 Å². The molecular formula is C12H24OSi. The average molecular weight is 212 g/mol. The van der Waals surface area contributed by atoms with E-state index < -0.39 is 8.32 Å². The first-order valence-corrected chi connectivity index (χ1v) is 8.57. The Bertz CT molecular complexity index is 175. The highest BCUT2D eigenvalue weighted by molar-refractivity contribution is 6.71. The molecule has 2 heteroatoms. The van der Waals surface area contributed by atoms with E-state index in [1.54, 1.807) is 0 Å². The van der Waals surface area contributed by atoms with Gasteiger partial charge in [-0.05, 0) is 32.0 Å². The second-order valence-corrected chi connectivity index (χ2v) is 8.47. The Morgan fingerprint density at radius 1 is 1.29 bits per heavy atom. The Hall–Kier alpha value is -0.343. The number of rotatable bonds is 8. The largest absolute Gasteiger partial charge is 0.414 e. The van der Waals surface area contributed by atoms with Crippen molar-refractivity contribution in [2.24, 2.45) is 0 Å². The van der Waals surface area contributed by atoms with Gasteiger partial charge >= 0.3 is 0 Å². The topological polar surface area (TPSA) is 9.23 Å². The maximum Gasteiger partial charge on any atom is 0.190 e. The van der Waals surface area contributed by atoms with Gasteiger partial charge < -0.3 is 4.43 Å². The minimum absolute atomic E-state index is 0.374. The molecule has 0 aliphatic carbocycles. The zero-order valence-electron chi connectivity index (χ0n) is 9.88. The van der Waals surface area contributed by atoms with Crippen molar-refractivity contribution in [2.45, 2.75) is 51.4 Å². The molecule has 0 aromatic carbocycles. The minimum atomic E-state index is -1.51. The predicted octanol–water partition coefficient (Wildman–Crippen LogP) is 4.14. The summed E-state index contributed by atoms with van der Waals surface area (Å²) in [6, 6.07) is 1.03. The van der Waals surface area contributed by atoms with Crippen LogP contribution in [0.1, 0.15) is 26.2 Å². The Labute approximate surface area is 90.0 Å². The van der Waals surface area contributed by atoms with Crippen molar-refractivity contribution < 1.29 is 4.43 Å². The SMILES string of the molecule is C=CCC(CCC)O[Si](C)(C)CC=C. The molecular weight excluding hydrogens is 188 g/mol. The molecule has 0 aromatic rings. The summed E-state index contributed by atoms with van der Waals surface area (Å²) in [5.74, 6) is 0. The zero-order valence-corrected chi connectivity index (χ0v) is 10.9. The first-order chi connectivity index (χ1) is 6.55. The standard InChI is InChI=1S/C12H24OSi/c1-6-9-12(10-7-2)13-14(4,5)11-8-3/h6,8,12H,1,3,7,9-11H2,2,4-5H3. The molecule has 0 aliphatic heterocycles. The van der Waals surface area contributed by atoms with Crippen LogP contribution >= 0.6 is 0 Å². The maximum atomic E-state index is 6.16. The van der Waals surface area contributed by atoms with Crippen LogP contribution in [-0.4, -0.2) is 14.4 Å². The third-order valence-corrected chi connectivity index (χ3v) is 4.41. The predicted molar refractivity (Wildman–Crippen MR) is 67.1 cm³/mol. The summed E-state index contributed by atoms with van der Waals surface area (Å²) in [5.41, 5.74) is 0. The van der Waals surface area contributed by atoms with E-state index in [9.17, 15) is 0 Å². The highest BCUT2D eigenvalue weighted by atomic mass is 28.4. The second-order valence-electron chi connectivity index (χ2n) is 4.31. The van der Waals surface area contributed by atoms with Gasteiger partial charge in [-0.15, -0.1) is 13.2 Å². The Morgan fingerprint density at radius 3 is 2.36 bits per heavy atom. The molecule has 0 saturated carbocycles. The van der Waals surface area contributed by atoms with Gasteiger partial charge in [0.2, 0.25) is 0 Å². The van der Waals surface area contributed by atoms with Crippen LogP contribution in [-0.2, 0) is 4.43 Å². The van der Waals surface area contributed by atoms with Gasteiger partial charge in [-0.3, -0.25) is 0 Å². The summed E-state index contributed by atoms with van der Waals surface area (Å²) >= 11 is 0. The van der Waals surface area contributed by atoms with E-state index in [1.165, 1.54) is 6.42 Å². The minimum Gasteiger partial charge on any atom is -0.414 e. The molecule has 0 bridgehead atoms. The first-order valence-electron chi connectivity index (χ1n) is 5.45. The van der Waals surface area contributed by atoms with Gasteiger partial charge in [-0.2, -0.15) is 0 Å². The lowest BCUT2D eigenvalue weighted by molar-refractivity contribution is 0.184. The molecule has 14 heavy (non-hydrogen) atoms. The molecule has 0 radical (unpaired) electrons. The molecule has 0 aromatic heterocycles. The molecule has 0 amide bonds. The fourth-order valence-corrected chi connectivity index (χ4v) is 3.49. The summed E-state index contributed by atoms with van der Waals surface area (Å²) in [7, 11) is -1.51. The molecule has 0 N–H and O–H groups in total. The Kier molecular flexibility index (Phi) is 6.84. The summed E-state index contributed by atoms with van der Waals surface area (Å²) in [4.78, 5) is 0. The first kappa shape index (κ1) is 13.7. The van der Waals surface area contributed by atoms with Gasteiger partial charge in [0.1, 0.15) is 0 Å². The van der Waals surface area contributed by atoms with Crippen LogP contribution in [0.4, 0.5) is 0 Å². The van der Waals surface area contributed by atoms with Crippen molar-refractivity contribution in [3.8, 4) is 0 Å². The van der Waals surface area contributed by atoms with Crippen LogP contribution < -0.4 is 0 Å². The molecule has 82 valence electrons. The molecule has 1 nitrogen and oxygen atoms in total. The number of hydrogen-bond donors (Lipinski definition) is 0. The monoisotopic (exact) mass is 212 g/mol. The third-order valence-electron chi connectivity index (χ3n) is 2.16. The van der Waals surface area contributed by atoms with Crippen molar-refractivity contribution in [1.82, 2.24) is 0 Å². The highest BCUT2D eigenvalue weighted by Crippen LogP contribution is 2.18. The Balaban J connectivity index is 4.10. The van der Waals surface area contributed by atoms with Crippen molar-refractivity contribution in [2.75, 3.05) is 0 Å². The average Bonchev–Trinajstić information content (AvgIpc) is 2.03. The van der Waals surface area contributed by atoms with Gasteiger partial charge in [0.05, 0.1) is 0 Å². The van der Waals surface area contributed by atoms with Crippen molar-refractivity contribution in [3.05, 3.63) is 25.3 Å². The second kappa shape index (κ2) is 7.02. The van der Waals surface area contributed by atoms with Crippen molar-refractivity contribution in [1.29, 1.82) is 0 Å². The lowest BCUT2D eigenvalue weighted by atomic mass is 10.1. The summed E-state index contributed by atoms with van der Waals surface area (Å²) in [5, 5.41) is 0. The molecule has 0 spiro atoms. The molecule has 0 saturated heterocycles. The Morgan fingerprint density at radius 2 is 1.93 bits per heavy atom. The van der Waals surface area contributed by atoms with Crippen LogP contribution in [0.25, 0.3) is 0 Å². The lowest BCUT2D eigenvalue weighted by Gasteiger charge is -2.27. The van der Waals surface area contributed by atoms with E-state index in [0.29, 0.717) is 6.10 Å². The van der Waals surface area contributed by atoms with E-state index in [2.05, 4.69) is 33.2 Å². The van der Waals surface area contributed by atoms with Crippen molar-refractivity contribution >= 4 is 8.32 Å². The molecule has 1 unspecified atom stereocenters. The van der Waals surface area contributed by atoms with E-state index in [-0.39, 0.29) is 0 Å². The number of hydrogen-bond acceptors (Lipinski definition) is 1. The summed E-state index contributed by atoms with van der Waals surface area (Å²) in [6.45, 7) is 14.3. The molecule has 0 rings (SSSR count). The third kappa shape index (κ3) is 6.16. The molecule has 0 fully saturated rings. The van der Waals surface area contributed by atoms with E-state index >= 15 is 0 Å². The lowest BCUT2D eigenvalue weighted by Crippen LogP contribution is -2.34. The van der Waals surface area contributed by atoms with Crippen LogP contribution in [0.2, 0.25) is 19.1 Å². The van der Waals surface area contributed by atoms with E-state index in [0.717, 1.165) is 18.9 Å². The van der Waals surface area contributed by atoms with Gasteiger partial charge in [0.15, 0.2) is 8.32 Å². The summed E-state index contributed by atoms with van der Waals surface area (Å²) in [6.07, 6.45) is 7.60. The smallest absolute Gasteiger partial charge is 0.190 e. The van der Waals surface area contributed by atoms with Crippen LogP contribution in [0.5, 0.6) is 0 Å². The molecule has 0 aliphatic rings. The van der Waals surface area contributed by atoms with Gasteiger partial charge in [-0.25, -0.2) is 0 Å². The van der Waals surface area contributed by atoms with Crippen LogP contribution in [0.15, 0.2) is 25.3 Å². The summed E-state index contributed by atoms with van der Waals surface area (Å²) < 4.78 is 6.16. The van der Waals surface area contributed by atoms with Crippen LogP contribution in [0, 0.1) is 0 Å². The van der Waals surface area contributed by atoms with Crippen molar-refractivity contribution in [3.63, 3.8) is 0 Å². The van der Waals surface area contributed by atoms with Gasteiger partial charge in [-0.1, -0.05) is 25.5 Å². The fraction of sp³-hybridized carbons (Fsp3) is 0.667. The van der Waals surface area contributed by atoms with Gasteiger partial charge in [0.25, 0.3) is 0 Å². The van der Waals surface area contributed by atoms with E-state index in [4.69, 9.17) is 4.43 Å². The maximum absolute atomic E-state index is 6.16. The number of allylic oxidation sites excluding steroid dienone is 1. The highest BCUT2D eigenvalue weighted by Gasteiger charge is 2.24. The fourth-order valence-electron chi connectivity index (χ4n) is 1.58. The normalized spacial score (nSPS) is 13.6. The zero-order chi connectivity index (χ0) is 11.0. The quantitative estimate of drug-likeness (QED) is 0.434. The van der Waals surface area contributed by atoms with Gasteiger partial charge in [0, 0.05) is 6.10 Å². The molecule has 1 atom stereocenters. The molecule has 0 heterocycles. The van der Waals surface area contributed by atoms with E-state index in [1.807, 2.05) is 12.2 Å².